The van der Waals surface area contributed by atoms with Crippen LogP contribution in [0.3, 0.4) is 0 Å². The van der Waals surface area contributed by atoms with E-state index in [1.54, 1.807) is 13.1 Å². The van der Waals surface area contributed by atoms with Crippen molar-refractivity contribution in [1.29, 1.82) is 0 Å². The Kier molecular flexibility index (Phi) is 2.86. The minimum atomic E-state index is -0.969. The molecule has 0 spiro atoms. The smallest absolute Gasteiger partial charge is 0.325 e. The van der Waals surface area contributed by atoms with Crippen molar-refractivity contribution < 1.29 is 14.3 Å². The molecule has 5 nitrogen and oxygen atoms in total. The second kappa shape index (κ2) is 4.32. The molecule has 0 aliphatic rings. The molecular formula is C11H10FN3O2. The summed E-state index contributed by atoms with van der Waals surface area (Å²) in [5, 5.41) is 12.5. The van der Waals surface area contributed by atoms with Crippen LogP contribution in [0.4, 0.5) is 4.39 Å². The number of carboxylic acid groups (broad SMARTS) is 1. The summed E-state index contributed by atoms with van der Waals surface area (Å²) in [6.07, 6.45) is 4.20. The van der Waals surface area contributed by atoms with Crippen LogP contribution in [0.5, 0.6) is 0 Å². The van der Waals surface area contributed by atoms with Gasteiger partial charge in [-0.3, -0.25) is 14.5 Å². The molecular weight excluding hydrogens is 225 g/mol. The number of hydrogen-bond acceptors (Lipinski definition) is 3. The van der Waals surface area contributed by atoms with Gasteiger partial charge in [0.05, 0.1) is 18.1 Å². The molecule has 0 aliphatic carbocycles. The van der Waals surface area contributed by atoms with E-state index in [2.05, 4.69) is 10.1 Å². The average molecular weight is 235 g/mol. The lowest BCUT2D eigenvalue weighted by Crippen LogP contribution is -2.08. The Morgan fingerprint density at radius 1 is 1.53 bits per heavy atom. The Hall–Kier alpha value is -2.24. The SMILES string of the molecule is Cc1cc(F)cnc1-c1cnn(CC(=O)O)c1. The van der Waals surface area contributed by atoms with E-state index < -0.39 is 11.8 Å². The fourth-order valence-electron chi connectivity index (χ4n) is 1.55. The summed E-state index contributed by atoms with van der Waals surface area (Å²) in [4.78, 5) is 14.5. The third-order valence-electron chi connectivity index (χ3n) is 2.25. The second-order valence-electron chi connectivity index (χ2n) is 3.64. The predicted molar refractivity (Wildman–Crippen MR) is 57.8 cm³/mol. The molecule has 0 unspecified atom stereocenters. The maximum atomic E-state index is 12.9. The summed E-state index contributed by atoms with van der Waals surface area (Å²) in [5.74, 6) is -1.37. The number of aryl methyl sites for hydroxylation is 1. The maximum absolute atomic E-state index is 12.9. The maximum Gasteiger partial charge on any atom is 0.325 e. The van der Waals surface area contributed by atoms with Crippen molar-refractivity contribution in [3.63, 3.8) is 0 Å². The van der Waals surface area contributed by atoms with Gasteiger partial charge in [0.25, 0.3) is 0 Å². The van der Waals surface area contributed by atoms with Gasteiger partial charge in [0.2, 0.25) is 0 Å². The highest BCUT2D eigenvalue weighted by molar-refractivity contribution is 5.67. The summed E-state index contributed by atoms with van der Waals surface area (Å²) in [6.45, 7) is 1.53. The van der Waals surface area contributed by atoms with Crippen LogP contribution in [0.2, 0.25) is 0 Å². The van der Waals surface area contributed by atoms with E-state index in [9.17, 15) is 9.18 Å². The topological polar surface area (TPSA) is 68.0 Å². The van der Waals surface area contributed by atoms with Crippen LogP contribution in [-0.4, -0.2) is 25.8 Å². The Morgan fingerprint density at radius 3 is 2.94 bits per heavy atom. The Balaban J connectivity index is 2.33. The zero-order valence-corrected chi connectivity index (χ0v) is 9.09. The lowest BCUT2D eigenvalue weighted by Gasteiger charge is -2.01. The van der Waals surface area contributed by atoms with Gasteiger partial charge in [-0.1, -0.05) is 0 Å². The number of carboxylic acids is 1. The summed E-state index contributed by atoms with van der Waals surface area (Å²) < 4.78 is 14.2. The van der Waals surface area contributed by atoms with Gasteiger partial charge in [-0.2, -0.15) is 5.10 Å². The van der Waals surface area contributed by atoms with Crippen molar-refractivity contribution in [1.82, 2.24) is 14.8 Å². The highest BCUT2D eigenvalue weighted by Gasteiger charge is 2.08. The normalized spacial score (nSPS) is 10.5. The number of pyridine rings is 1. The van der Waals surface area contributed by atoms with E-state index in [-0.39, 0.29) is 6.54 Å². The van der Waals surface area contributed by atoms with Gasteiger partial charge in [0.1, 0.15) is 12.4 Å². The van der Waals surface area contributed by atoms with Crippen LogP contribution in [0.1, 0.15) is 5.56 Å². The van der Waals surface area contributed by atoms with E-state index in [1.165, 1.54) is 16.9 Å². The first-order chi connectivity index (χ1) is 8.06. The van der Waals surface area contributed by atoms with Crippen LogP contribution in [0.25, 0.3) is 11.3 Å². The van der Waals surface area contributed by atoms with Gasteiger partial charge in [-0.05, 0) is 18.6 Å². The largest absolute Gasteiger partial charge is 0.480 e. The molecule has 2 rings (SSSR count). The molecule has 0 amide bonds. The zero-order chi connectivity index (χ0) is 12.4. The highest BCUT2D eigenvalue weighted by atomic mass is 19.1. The van der Waals surface area contributed by atoms with Crippen LogP contribution in [0, 0.1) is 12.7 Å². The van der Waals surface area contributed by atoms with Gasteiger partial charge in [-0.25, -0.2) is 4.39 Å². The monoisotopic (exact) mass is 235 g/mol. The van der Waals surface area contributed by atoms with E-state index in [1.807, 2.05) is 0 Å². The third kappa shape index (κ3) is 2.47. The average Bonchev–Trinajstić information content (AvgIpc) is 2.65. The molecule has 1 N–H and O–H groups in total. The van der Waals surface area contributed by atoms with Crippen molar-refractivity contribution in [2.24, 2.45) is 0 Å². The molecule has 2 aromatic heterocycles. The van der Waals surface area contributed by atoms with Crippen LogP contribution in [-0.2, 0) is 11.3 Å². The second-order valence-corrected chi connectivity index (χ2v) is 3.64. The zero-order valence-electron chi connectivity index (χ0n) is 9.09. The van der Waals surface area contributed by atoms with Gasteiger partial charge >= 0.3 is 5.97 Å². The summed E-state index contributed by atoms with van der Waals surface area (Å²) in [6, 6.07) is 1.37. The van der Waals surface area contributed by atoms with E-state index in [0.717, 1.165) is 6.20 Å². The summed E-state index contributed by atoms with van der Waals surface area (Å²) in [7, 11) is 0. The van der Waals surface area contributed by atoms with Crippen molar-refractivity contribution in [2.45, 2.75) is 13.5 Å². The van der Waals surface area contributed by atoms with Gasteiger partial charge in [0, 0.05) is 11.8 Å². The lowest BCUT2D eigenvalue weighted by atomic mass is 10.1. The van der Waals surface area contributed by atoms with Gasteiger partial charge < -0.3 is 5.11 Å². The molecule has 0 saturated carbocycles. The third-order valence-corrected chi connectivity index (χ3v) is 2.25. The molecule has 0 saturated heterocycles. The first-order valence-electron chi connectivity index (χ1n) is 4.93. The summed E-state index contributed by atoms with van der Waals surface area (Å²) >= 11 is 0. The number of rotatable bonds is 3. The number of hydrogen-bond donors (Lipinski definition) is 1. The first-order valence-corrected chi connectivity index (χ1v) is 4.93. The Labute approximate surface area is 96.5 Å². The first kappa shape index (κ1) is 11.3. The van der Waals surface area contributed by atoms with E-state index in [4.69, 9.17) is 5.11 Å². The molecule has 17 heavy (non-hydrogen) atoms. The number of halogens is 1. The Bertz CT molecular complexity index is 566. The Morgan fingerprint density at radius 2 is 2.29 bits per heavy atom. The van der Waals surface area contributed by atoms with Crippen LogP contribution >= 0.6 is 0 Å². The molecule has 6 heteroatoms. The number of aromatic nitrogens is 3. The van der Waals surface area contributed by atoms with Gasteiger partial charge in [0.15, 0.2) is 0 Å². The van der Waals surface area contributed by atoms with Crippen molar-refractivity contribution >= 4 is 5.97 Å². The molecule has 2 aromatic rings. The van der Waals surface area contributed by atoms with E-state index in [0.29, 0.717) is 16.8 Å². The van der Waals surface area contributed by atoms with Gasteiger partial charge in [-0.15, -0.1) is 0 Å². The number of nitrogens with zero attached hydrogens (tertiary/aromatic N) is 3. The van der Waals surface area contributed by atoms with Crippen molar-refractivity contribution in [2.75, 3.05) is 0 Å². The fraction of sp³-hybridized carbons (Fsp3) is 0.182. The van der Waals surface area contributed by atoms with Crippen LogP contribution in [0.15, 0.2) is 24.7 Å². The van der Waals surface area contributed by atoms with Crippen molar-refractivity contribution in [3.05, 3.63) is 36.0 Å². The molecule has 0 bridgehead atoms. The lowest BCUT2D eigenvalue weighted by molar-refractivity contribution is -0.137. The molecule has 0 aromatic carbocycles. The molecule has 0 atom stereocenters. The quantitative estimate of drug-likeness (QED) is 0.874. The molecule has 2 heterocycles. The molecule has 0 fully saturated rings. The predicted octanol–water partition coefficient (Wildman–Crippen LogP) is 1.48. The van der Waals surface area contributed by atoms with Crippen molar-refractivity contribution in [3.8, 4) is 11.3 Å². The highest BCUT2D eigenvalue weighted by Crippen LogP contribution is 2.20. The fourth-order valence-corrected chi connectivity index (χ4v) is 1.55. The molecule has 88 valence electrons. The standard InChI is InChI=1S/C11H10FN3O2/c1-7-2-9(12)4-13-11(7)8-3-14-15(5-8)6-10(16)17/h2-5H,6H2,1H3,(H,16,17). The van der Waals surface area contributed by atoms with E-state index >= 15 is 0 Å². The number of aliphatic carboxylic acids is 1. The number of carbonyl (C=O) groups is 1. The molecule has 0 radical (unpaired) electrons. The molecule has 0 aliphatic heterocycles. The minimum Gasteiger partial charge on any atom is -0.480 e. The summed E-state index contributed by atoms with van der Waals surface area (Å²) in [5.41, 5.74) is 1.95. The minimum absolute atomic E-state index is 0.208. The van der Waals surface area contributed by atoms with Crippen LogP contribution < -0.4 is 0 Å².